The van der Waals surface area contributed by atoms with E-state index in [1.54, 1.807) is 0 Å². The summed E-state index contributed by atoms with van der Waals surface area (Å²) in [5, 5.41) is 9.54. The second-order valence-electron chi connectivity index (χ2n) is 12.3. The maximum absolute atomic E-state index is 13.8. The van der Waals surface area contributed by atoms with Crippen LogP contribution in [0.15, 0.2) is 60.7 Å². The third kappa shape index (κ3) is 7.47. The molecule has 0 bridgehead atoms. The minimum Gasteiger partial charge on any atom is -0.381 e. The minimum absolute atomic E-state index is 0.0259. The Bertz CT molecular complexity index is 1290. The largest absolute Gasteiger partial charge is 0.381 e. The van der Waals surface area contributed by atoms with Crippen molar-refractivity contribution in [3.8, 4) is 0 Å². The van der Waals surface area contributed by atoms with Gasteiger partial charge in [0.2, 0.25) is 17.7 Å². The van der Waals surface area contributed by atoms with Gasteiger partial charge in [-0.15, -0.1) is 0 Å². The van der Waals surface area contributed by atoms with Gasteiger partial charge < -0.3 is 20.7 Å². The molecule has 0 radical (unpaired) electrons. The van der Waals surface area contributed by atoms with E-state index < -0.39 is 11.5 Å². The fraction of sp³-hybridized carbons (Fsp3) is 0.500. The van der Waals surface area contributed by atoms with Gasteiger partial charge in [-0.05, 0) is 74.6 Å². The number of nitrogens with one attached hydrogen (secondary N) is 3. The van der Waals surface area contributed by atoms with Crippen LogP contribution in [0, 0.1) is 25.2 Å². The van der Waals surface area contributed by atoms with Crippen molar-refractivity contribution in [2.24, 2.45) is 11.3 Å². The van der Waals surface area contributed by atoms with Crippen LogP contribution < -0.4 is 16.0 Å². The predicted octanol–water partition coefficient (Wildman–Crippen LogP) is 3.92. The fourth-order valence-corrected chi connectivity index (χ4v) is 6.46. The number of likely N-dealkylation sites (tertiary alicyclic amines) is 1. The average Bonchev–Trinajstić information content (AvgIpc) is 2.98. The summed E-state index contributed by atoms with van der Waals surface area (Å²) >= 11 is 0. The van der Waals surface area contributed by atoms with Gasteiger partial charge in [0.25, 0.3) is 0 Å². The van der Waals surface area contributed by atoms with Crippen LogP contribution in [0.4, 0.5) is 5.69 Å². The van der Waals surface area contributed by atoms with Gasteiger partial charge in [-0.25, -0.2) is 0 Å². The molecule has 0 unspecified atom stereocenters. The quantitative estimate of drug-likeness (QED) is 0.472. The maximum Gasteiger partial charge on any atom is 0.243 e. The molecular weight excluding hydrogens is 528 g/mol. The van der Waals surface area contributed by atoms with Gasteiger partial charge in [0, 0.05) is 44.5 Å². The van der Waals surface area contributed by atoms with Crippen molar-refractivity contribution in [1.29, 1.82) is 0 Å². The van der Waals surface area contributed by atoms with E-state index in [2.05, 4.69) is 33.0 Å². The Labute approximate surface area is 249 Å². The maximum atomic E-state index is 13.8. The summed E-state index contributed by atoms with van der Waals surface area (Å²) in [5.41, 5.74) is 3.43. The van der Waals surface area contributed by atoms with Gasteiger partial charge in [0.15, 0.2) is 0 Å². The van der Waals surface area contributed by atoms with Crippen LogP contribution >= 0.6 is 0 Å². The molecule has 0 aromatic heterocycles. The number of hydrogen-bond donors (Lipinski definition) is 3. The molecule has 2 fully saturated rings. The molecule has 3 amide bonds. The first-order chi connectivity index (χ1) is 20.3. The zero-order valence-corrected chi connectivity index (χ0v) is 24.9. The zero-order valence-electron chi connectivity index (χ0n) is 24.9. The second kappa shape index (κ2) is 13.7. The number of hydrogen-bond acceptors (Lipinski definition) is 5. The predicted molar refractivity (Wildman–Crippen MR) is 164 cm³/mol. The van der Waals surface area contributed by atoms with Gasteiger partial charge in [-0.3, -0.25) is 19.3 Å². The number of carbonyl (C=O) groups excluding carboxylic acids is 3. The Hall–Kier alpha value is -3.49. The molecule has 2 aromatic rings. The van der Waals surface area contributed by atoms with Crippen molar-refractivity contribution in [3.63, 3.8) is 0 Å². The highest BCUT2D eigenvalue weighted by Crippen LogP contribution is 2.36. The molecule has 3 heterocycles. The number of amides is 3. The van der Waals surface area contributed by atoms with Gasteiger partial charge in [-0.2, -0.15) is 0 Å². The number of anilines is 1. The Kier molecular flexibility index (Phi) is 9.75. The topological polar surface area (TPSA) is 99.8 Å². The lowest BCUT2D eigenvalue weighted by atomic mass is 9.75. The third-order valence-electron chi connectivity index (χ3n) is 9.13. The Morgan fingerprint density at radius 2 is 1.83 bits per heavy atom. The number of fused-ring (bicyclic) bond motifs is 1. The second-order valence-corrected chi connectivity index (χ2v) is 12.3. The molecule has 8 heteroatoms. The molecule has 2 saturated heterocycles. The molecule has 3 aliphatic rings. The van der Waals surface area contributed by atoms with Crippen LogP contribution in [0.3, 0.4) is 0 Å². The van der Waals surface area contributed by atoms with E-state index in [-0.39, 0.29) is 29.7 Å². The average molecular weight is 573 g/mol. The summed E-state index contributed by atoms with van der Waals surface area (Å²) in [5.74, 6) is -0.0732. The molecule has 42 heavy (non-hydrogen) atoms. The monoisotopic (exact) mass is 572 g/mol. The van der Waals surface area contributed by atoms with Gasteiger partial charge in [-0.1, -0.05) is 54.6 Å². The van der Waals surface area contributed by atoms with Crippen molar-refractivity contribution in [1.82, 2.24) is 15.5 Å². The molecule has 1 spiro atoms. The van der Waals surface area contributed by atoms with Crippen molar-refractivity contribution in [2.75, 3.05) is 38.2 Å². The SMILES string of the molecule is Cc1ccc(C)c(NC(=O)CN2CC[C@@H]3NC(=O)[C@H](Cc4ccccc4)NC(=O)C4(CC=CC[C@@H]3C2)CCOCC4)c1. The van der Waals surface area contributed by atoms with Crippen LogP contribution in [0.5, 0.6) is 0 Å². The highest BCUT2D eigenvalue weighted by Gasteiger charge is 2.41. The molecule has 5 rings (SSSR count). The molecule has 0 saturated carbocycles. The molecular formula is C34H44N4O4. The van der Waals surface area contributed by atoms with Crippen LogP contribution in [0.1, 0.15) is 48.8 Å². The molecule has 3 atom stereocenters. The molecule has 224 valence electrons. The Morgan fingerprint density at radius 1 is 1.05 bits per heavy atom. The van der Waals surface area contributed by atoms with Crippen molar-refractivity contribution in [3.05, 3.63) is 77.4 Å². The minimum atomic E-state index is -0.662. The molecule has 8 nitrogen and oxygen atoms in total. The molecule has 2 aromatic carbocycles. The van der Waals surface area contributed by atoms with Gasteiger partial charge in [0.05, 0.1) is 12.0 Å². The van der Waals surface area contributed by atoms with Crippen molar-refractivity contribution in [2.45, 2.75) is 64.5 Å². The number of ether oxygens (including phenoxy) is 1. The number of nitrogens with zero attached hydrogens (tertiary/aromatic N) is 1. The number of rotatable bonds is 5. The van der Waals surface area contributed by atoms with E-state index in [0.717, 1.165) is 35.2 Å². The third-order valence-corrected chi connectivity index (χ3v) is 9.13. The van der Waals surface area contributed by atoms with Crippen LogP contribution in [-0.2, 0) is 25.5 Å². The first kappa shape index (κ1) is 30.0. The van der Waals surface area contributed by atoms with E-state index in [1.807, 2.05) is 62.4 Å². The van der Waals surface area contributed by atoms with Crippen molar-refractivity contribution < 1.29 is 19.1 Å². The van der Waals surface area contributed by atoms with Crippen LogP contribution in [0.25, 0.3) is 0 Å². The lowest BCUT2D eigenvalue weighted by Gasteiger charge is -2.40. The van der Waals surface area contributed by atoms with E-state index in [4.69, 9.17) is 4.74 Å². The van der Waals surface area contributed by atoms with Crippen LogP contribution in [0.2, 0.25) is 0 Å². The summed E-state index contributed by atoms with van der Waals surface area (Å²) in [6.07, 6.45) is 8.16. The molecule has 3 aliphatic heterocycles. The molecule has 0 aliphatic carbocycles. The summed E-state index contributed by atoms with van der Waals surface area (Å²) in [6, 6.07) is 15.2. The van der Waals surface area contributed by atoms with Crippen molar-refractivity contribution >= 4 is 23.4 Å². The normalized spacial score (nSPS) is 25.0. The lowest BCUT2D eigenvalue weighted by molar-refractivity contribution is -0.140. The van der Waals surface area contributed by atoms with E-state index in [9.17, 15) is 14.4 Å². The number of allylic oxidation sites excluding steroid dienone is 2. The summed E-state index contributed by atoms with van der Waals surface area (Å²) in [4.78, 5) is 42.7. The number of piperidine rings is 1. The Balaban J connectivity index is 1.31. The summed E-state index contributed by atoms with van der Waals surface area (Å²) < 4.78 is 5.60. The van der Waals surface area contributed by atoms with Gasteiger partial charge in [0.1, 0.15) is 6.04 Å². The highest BCUT2D eigenvalue weighted by atomic mass is 16.5. The molecule has 3 N–H and O–H groups in total. The van der Waals surface area contributed by atoms with E-state index >= 15 is 0 Å². The standard InChI is InChI=1S/C34H44N4O4/c1-24-11-12-25(2)29(20-24)35-31(39)23-38-17-13-28-27(22-38)10-6-7-14-34(15-18-42-19-16-34)33(41)37-30(32(40)36-28)21-26-8-4-3-5-9-26/h3-9,11-12,20,27-28,30H,10,13-19,21-23H2,1-2H3,(H,35,39)(H,36,40)(H,37,41)/t27-,28+,30+/m1/s1. The summed E-state index contributed by atoms with van der Waals surface area (Å²) in [7, 11) is 0. The highest BCUT2D eigenvalue weighted by molar-refractivity contribution is 5.93. The Morgan fingerprint density at radius 3 is 2.62 bits per heavy atom. The van der Waals surface area contributed by atoms with Gasteiger partial charge >= 0.3 is 0 Å². The first-order valence-corrected chi connectivity index (χ1v) is 15.3. The fourth-order valence-electron chi connectivity index (χ4n) is 6.46. The number of carbonyl (C=O) groups is 3. The first-order valence-electron chi connectivity index (χ1n) is 15.3. The van der Waals surface area contributed by atoms with Crippen LogP contribution in [-0.4, -0.2) is 67.6 Å². The zero-order chi connectivity index (χ0) is 29.5. The smallest absolute Gasteiger partial charge is 0.243 e. The lowest BCUT2D eigenvalue weighted by Crippen LogP contribution is -2.58. The van der Waals surface area contributed by atoms with E-state index in [1.165, 1.54) is 0 Å². The number of aryl methyl sites for hydroxylation is 2. The summed E-state index contributed by atoms with van der Waals surface area (Å²) in [6.45, 7) is 6.84. The van der Waals surface area contributed by atoms with E-state index in [0.29, 0.717) is 58.5 Å². The number of benzene rings is 2.